The zero-order chi connectivity index (χ0) is 71.1. The van der Waals surface area contributed by atoms with Gasteiger partial charge < -0.3 is 45.5 Å². The lowest BCUT2D eigenvalue weighted by Gasteiger charge is -2.18. The lowest BCUT2D eigenvalue weighted by molar-refractivity contribution is -0.170. The van der Waals surface area contributed by atoms with Gasteiger partial charge in [-0.15, -0.1) is 0 Å². The average Bonchev–Trinajstić information content (AvgIpc) is 1.07. The number of nitrogens with two attached hydrogens (primary N) is 1. The molecule has 2 amide bonds. The molecule has 10 rings (SSSR count). The maximum absolute atomic E-state index is 14.0. The number of benzene rings is 4. The summed E-state index contributed by atoms with van der Waals surface area (Å²) in [5.74, 6) is -6.20. The normalized spacial score (nSPS) is 12.9. The number of aromatic nitrogens is 6. The fraction of sp³-hybridized carbons (Fsp3) is 0.296. The molecule has 98 heavy (non-hydrogen) atoms. The number of pyridine rings is 2. The largest absolute Gasteiger partial charge is 0.478 e. The number of nitrogens with one attached hydrogen (secondary N) is 4. The van der Waals surface area contributed by atoms with Crippen LogP contribution in [0.1, 0.15) is 158 Å². The number of hydrogen-bond donors (Lipinski definition) is 7. The number of carbonyl (C=O) groups excluding carboxylic acids is 7. The highest BCUT2D eigenvalue weighted by atomic mass is 16.7. The van der Waals surface area contributed by atoms with Gasteiger partial charge in [0.05, 0.1) is 24.0 Å². The van der Waals surface area contributed by atoms with E-state index in [0.717, 1.165) is 42.4 Å². The minimum absolute atomic E-state index is 0.000683. The Balaban J connectivity index is 0.000000215. The van der Waals surface area contributed by atoms with Crippen molar-refractivity contribution in [2.24, 2.45) is 23.7 Å². The number of aryl methyl sites for hydroxylation is 1. The van der Waals surface area contributed by atoms with Gasteiger partial charge in [-0.05, 0) is 150 Å². The molecular formula is C71H73N9O18. The zero-order valence-corrected chi connectivity index (χ0v) is 54.7. The van der Waals surface area contributed by atoms with Gasteiger partial charge in [-0.3, -0.25) is 43.0 Å². The van der Waals surface area contributed by atoms with Crippen LogP contribution in [0.25, 0.3) is 57.2 Å². The van der Waals surface area contributed by atoms with E-state index in [2.05, 4.69) is 63.1 Å². The lowest BCUT2D eigenvalue weighted by atomic mass is 9.89. The first kappa shape index (κ1) is 72.1. The molecule has 0 aliphatic heterocycles. The SMILES string of the molecule is C=Cc1cc(C(=O)Cc2ccc(-c3noc(=O)[nH]3)cc2)c(-c2ccc(C(=O)NCC3CC3)nc2C(=O)OC(C)OC(=O)C(C)C)cc1C.C=Cc1cc(C(=O)O)c(-c2ccc(C(=O)NCC3CC3)nc2C(=O)OC(C)OC(=O)C(C)C)cc1CO.Nc1ccc(-c2noc(=O)[nH]2)cc1. The first-order chi connectivity index (χ1) is 46.7. The Kier molecular flexibility index (Phi) is 24.0. The Morgan fingerprint density at radius 3 is 1.44 bits per heavy atom. The van der Waals surface area contributed by atoms with E-state index in [9.17, 15) is 58.2 Å². The number of H-pyrrole nitrogens is 2. The number of carboxylic acids is 1. The Morgan fingerprint density at radius 2 is 1.04 bits per heavy atom. The van der Waals surface area contributed by atoms with E-state index in [1.165, 1.54) is 50.3 Å². The second kappa shape index (κ2) is 32.6. The maximum atomic E-state index is 14.0. The number of ether oxygens (including phenoxy) is 4. The zero-order valence-electron chi connectivity index (χ0n) is 54.7. The molecule has 8 N–H and O–H groups in total. The number of carboxylic acid groups (broad SMARTS) is 1. The first-order valence-electron chi connectivity index (χ1n) is 31.2. The summed E-state index contributed by atoms with van der Waals surface area (Å²) in [6.07, 6.45) is 4.69. The van der Waals surface area contributed by atoms with Gasteiger partial charge in [0.15, 0.2) is 28.8 Å². The van der Waals surface area contributed by atoms with Gasteiger partial charge in [-0.1, -0.05) is 93.7 Å². The van der Waals surface area contributed by atoms with Crippen LogP contribution in [-0.4, -0.2) is 114 Å². The number of ketones is 1. The highest BCUT2D eigenvalue weighted by Crippen LogP contribution is 2.35. The summed E-state index contributed by atoms with van der Waals surface area (Å²) in [6.45, 7) is 19.3. The molecule has 0 saturated heterocycles. The second-order valence-corrected chi connectivity index (χ2v) is 23.6. The Morgan fingerprint density at radius 1 is 0.602 bits per heavy atom. The van der Waals surface area contributed by atoms with Crippen molar-refractivity contribution in [3.8, 4) is 45.0 Å². The number of hydrogen-bond acceptors (Lipinski definition) is 22. The second-order valence-electron chi connectivity index (χ2n) is 23.6. The molecule has 4 aromatic carbocycles. The number of Topliss-reactive ketones (excluding diaryl/α,β-unsaturated/α-hetero) is 1. The van der Waals surface area contributed by atoms with E-state index in [4.69, 9.17) is 24.7 Å². The highest BCUT2D eigenvalue weighted by Gasteiger charge is 2.30. The predicted octanol–water partition coefficient (Wildman–Crippen LogP) is 9.35. The van der Waals surface area contributed by atoms with Crippen LogP contribution in [0.2, 0.25) is 0 Å². The Hall–Kier alpha value is -11.7. The van der Waals surface area contributed by atoms with E-state index in [0.29, 0.717) is 69.8 Å². The third-order valence-corrected chi connectivity index (χ3v) is 15.3. The number of aliphatic hydroxyl groups excluding tert-OH is 1. The van der Waals surface area contributed by atoms with Crippen LogP contribution >= 0.6 is 0 Å². The molecule has 27 nitrogen and oxygen atoms in total. The highest BCUT2D eigenvalue weighted by molar-refractivity contribution is 6.08. The molecule has 4 heterocycles. The molecule has 2 unspecified atom stereocenters. The molecule has 2 atom stereocenters. The third-order valence-electron chi connectivity index (χ3n) is 15.3. The number of aliphatic hydroxyl groups is 1. The summed E-state index contributed by atoms with van der Waals surface area (Å²) in [6, 6.07) is 25.9. The van der Waals surface area contributed by atoms with E-state index in [1.54, 1.807) is 101 Å². The van der Waals surface area contributed by atoms with Gasteiger partial charge in [0.1, 0.15) is 11.4 Å². The van der Waals surface area contributed by atoms with Gasteiger partial charge in [-0.25, -0.2) is 33.9 Å². The molecule has 4 aromatic heterocycles. The summed E-state index contributed by atoms with van der Waals surface area (Å²) in [5, 5.41) is 32.5. The average molecular weight is 1340 g/mol. The van der Waals surface area contributed by atoms with Crippen LogP contribution in [-0.2, 0) is 41.6 Å². The van der Waals surface area contributed by atoms with Gasteiger partial charge in [0.2, 0.25) is 12.6 Å². The summed E-state index contributed by atoms with van der Waals surface area (Å²) in [5.41, 5.74) is 10.8. The maximum Gasteiger partial charge on any atom is 0.439 e. The van der Waals surface area contributed by atoms with E-state index < -0.39 is 84.2 Å². The number of anilines is 1. The van der Waals surface area contributed by atoms with Crippen LogP contribution in [0.3, 0.4) is 0 Å². The summed E-state index contributed by atoms with van der Waals surface area (Å²) >= 11 is 0. The molecule has 510 valence electrons. The Bertz CT molecular complexity index is 4440. The van der Waals surface area contributed by atoms with Crippen molar-refractivity contribution in [1.82, 2.24) is 40.9 Å². The third kappa shape index (κ3) is 19.2. The topological polar surface area (TPSA) is 408 Å². The van der Waals surface area contributed by atoms with Gasteiger partial charge in [0.25, 0.3) is 11.8 Å². The number of aromatic carboxylic acids is 1. The quantitative estimate of drug-likeness (QED) is 0.0121. The summed E-state index contributed by atoms with van der Waals surface area (Å²) in [7, 11) is 0. The number of nitrogens with zero attached hydrogens (tertiary/aromatic N) is 4. The molecule has 2 fully saturated rings. The van der Waals surface area contributed by atoms with E-state index >= 15 is 0 Å². The minimum atomic E-state index is -1.28. The molecule has 8 aromatic rings. The van der Waals surface area contributed by atoms with Crippen molar-refractivity contribution in [2.75, 3.05) is 18.8 Å². The van der Waals surface area contributed by atoms with Crippen molar-refractivity contribution in [1.29, 1.82) is 0 Å². The number of carbonyl (C=O) groups is 8. The van der Waals surface area contributed by atoms with Crippen LogP contribution in [0.15, 0.2) is 129 Å². The van der Waals surface area contributed by atoms with Gasteiger partial charge in [0, 0.05) is 66.9 Å². The number of esters is 4. The number of nitrogen functional groups attached to an aromatic ring is 1. The van der Waals surface area contributed by atoms with Crippen molar-refractivity contribution < 1.29 is 76.6 Å². The summed E-state index contributed by atoms with van der Waals surface area (Å²) < 4.78 is 30.0. The Labute approximate surface area is 560 Å². The van der Waals surface area contributed by atoms with Gasteiger partial charge in [-0.2, -0.15) is 0 Å². The van der Waals surface area contributed by atoms with E-state index in [1.807, 2.05) is 6.92 Å². The number of aromatic amines is 2. The molecule has 0 bridgehead atoms. The number of rotatable bonds is 25. The first-order valence-corrected chi connectivity index (χ1v) is 31.2. The number of amides is 2. The fourth-order valence-electron chi connectivity index (χ4n) is 9.47. The molecular weight excluding hydrogens is 1270 g/mol. The molecule has 0 radical (unpaired) electrons. The van der Waals surface area contributed by atoms with Crippen molar-refractivity contribution in [2.45, 2.75) is 99.8 Å². The van der Waals surface area contributed by atoms with Crippen molar-refractivity contribution >= 4 is 65.3 Å². The standard InChI is InChI=1S/C36H36N4O8.C27H30N2O8.C8H7N3O2/c1-6-24-17-28(30(41)16-22-9-11-25(12-10-22)32-39-36(45)48-40-32)27(15-20(24)4)26-13-14-29(33(42)37-18-23-7-8-23)38-31(26)35(44)47-21(5)46-34(43)19(2)3;1-5-17-10-21(25(32)33)20(11-18(17)13-30)19-8-9-22(24(31)28-12-16-6-7-16)29-23(19)27(35)37-15(4)36-26(34)14(2)3;9-6-3-1-5(2-4-6)7-10-8(12)13-11-7/h6,9-15,17,19,21,23H,1,7-8,16,18H2,2-5H3,(H,37,42)(H,39,40,45);5,8-11,14-16,30H,1,6-7,12-13H2,2-4H3,(H,28,31)(H,32,33);1-4H,9H2,(H,10,11,12). The van der Waals surface area contributed by atoms with Crippen LogP contribution in [0, 0.1) is 30.6 Å². The van der Waals surface area contributed by atoms with Crippen LogP contribution < -0.4 is 27.9 Å². The van der Waals surface area contributed by atoms with Crippen LogP contribution in [0.4, 0.5) is 5.69 Å². The minimum Gasteiger partial charge on any atom is -0.478 e. The molecule has 0 spiro atoms. The van der Waals surface area contributed by atoms with E-state index in [-0.39, 0.29) is 63.1 Å². The predicted molar refractivity (Wildman–Crippen MR) is 356 cm³/mol. The van der Waals surface area contributed by atoms with Crippen molar-refractivity contribution in [3.05, 3.63) is 193 Å². The molecule has 2 aliphatic rings. The molecule has 2 saturated carbocycles. The fourth-order valence-corrected chi connectivity index (χ4v) is 9.47. The smallest absolute Gasteiger partial charge is 0.439 e. The van der Waals surface area contributed by atoms with Crippen molar-refractivity contribution in [3.63, 3.8) is 0 Å². The van der Waals surface area contributed by atoms with Crippen LogP contribution in [0.5, 0.6) is 0 Å². The molecule has 27 heteroatoms. The summed E-state index contributed by atoms with van der Waals surface area (Å²) in [4.78, 5) is 138. The lowest BCUT2D eigenvalue weighted by Crippen LogP contribution is -2.28. The van der Waals surface area contributed by atoms with Gasteiger partial charge >= 0.3 is 41.4 Å². The molecule has 2 aliphatic carbocycles. The monoisotopic (exact) mass is 1340 g/mol.